The van der Waals surface area contributed by atoms with Crippen molar-refractivity contribution in [3.8, 4) is 0 Å². The van der Waals surface area contributed by atoms with Crippen LogP contribution in [0.4, 0.5) is 13.2 Å². The SMILES string of the molecule is NC(=O)C1CCCN1Cc1cccc(C(F)(F)F)c1. The van der Waals surface area contributed by atoms with E-state index in [-0.39, 0.29) is 6.04 Å². The summed E-state index contributed by atoms with van der Waals surface area (Å²) in [5.41, 5.74) is 5.16. The van der Waals surface area contributed by atoms with Crippen LogP contribution >= 0.6 is 0 Å². The number of carbonyl (C=O) groups is 1. The lowest BCUT2D eigenvalue weighted by molar-refractivity contribution is -0.137. The topological polar surface area (TPSA) is 46.3 Å². The van der Waals surface area contributed by atoms with E-state index in [1.165, 1.54) is 6.07 Å². The number of hydrogen-bond acceptors (Lipinski definition) is 2. The summed E-state index contributed by atoms with van der Waals surface area (Å²) in [7, 11) is 0. The zero-order chi connectivity index (χ0) is 14.0. The van der Waals surface area contributed by atoms with Gasteiger partial charge in [-0.2, -0.15) is 13.2 Å². The van der Waals surface area contributed by atoms with Crippen LogP contribution < -0.4 is 5.73 Å². The van der Waals surface area contributed by atoms with Crippen LogP contribution in [-0.2, 0) is 17.5 Å². The van der Waals surface area contributed by atoms with Crippen molar-refractivity contribution in [1.82, 2.24) is 4.90 Å². The maximum Gasteiger partial charge on any atom is 0.416 e. The lowest BCUT2D eigenvalue weighted by Gasteiger charge is -2.22. The number of nitrogens with two attached hydrogens (primary N) is 1. The lowest BCUT2D eigenvalue weighted by atomic mass is 10.1. The Labute approximate surface area is 109 Å². The summed E-state index contributed by atoms with van der Waals surface area (Å²) < 4.78 is 37.8. The molecule has 2 rings (SSSR count). The molecule has 1 unspecified atom stereocenters. The van der Waals surface area contributed by atoms with Gasteiger partial charge in [0.25, 0.3) is 0 Å². The number of benzene rings is 1. The predicted octanol–water partition coefficient (Wildman–Crippen LogP) is 2.16. The fourth-order valence-electron chi connectivity index (χ4n) is 2.42. The molecule has 0 spiro atoms. The Morgan fingerprint density at radius 1 is 1.42 bits per heavy atom. The largest absolute Gasteiger partial charge is 0.416 e. The smallest absolute Gasteiger partial charge is 0.368 e. The van der Waals surface area contributed by atoms with Crippen molar-refractivity contribution >= 4 is 5.91 Å². The number of nitrogens with zero attached hydrogens (tertiary/aromatic N) is 1. The highest BCUT2D eigenvalue weighted by molar-refractivity contribution is 5.80. The van der Waals surface area contributed by atoms with E-state index in [1.54, 1.807) is 6.07 Å². The maximum atomic E-state index is 12.6. The molecule has 0 aromatic heterocycles. The van der Waals surface area contributed by atoms with Crippen LogP contribution in [0.2, 0.25) is 0 Å². The Bertz CT molecular complexity index is 473. The monoisotopic (exact) mass is 272 g/mol. The molecule has 19 heavy (non-hydrogen) atoms. The minimum Gasteiger partial charge on any atom is -0.368 e. The van der Waals surface area contributed by atoms with Crippen molar-refractivity contribution in [2.75, 3.05) is 6.54 Å². The molecular formula is C13H15F3N2O. The van der Waals surface area contributed by atoms with Gasteiger partial charge in [-0.05, 0) is 31.0 Å². The molecule has 1 atom stereocenters. The quantitative estimate of drug-likeness (QED) is 0.916. The summed E-state index contributed by atoms with van der Waals surface area (Å²) in [4.78, 5) is 13.1. The molecule has 1 amide bonds. The molecule has 6 heteroatoms. The third kappa shape index (κ3) is 3.26. The van der Waals surface area contributed by atoms with Crippen LogP contribution in [0.1, 0.15) is 24.0 Å². The Hall–Kier alpha value is -1.56. The van der Waals surface area contributed by atoms with Crippen molar-refractivity contribution in [2.24, 2.45) is 5.73 Å². The van der Waals surface area contributed by atoms with E-state index >= 15 is 0 Å². The first-order valence-electron chi connectivity index (χ1n) is 6.07. The van der Waals surface area contributed by atoms with E-state index < -0.39 is 17.6 Å². The first-order valence-corrected chi connectivity index (χ1v) is 6.07. The average Bonchev–Trinajstić information content (AvgIpc) is 2.76. The molecule has 0 saturated carbocycles. The van der Waals surface area contributed by atoms with Crippen LogP contribution in [-0.4, -0.2) is 23.4 Å². The van der Waals surface area contributed by atoms with Gasteiger partial charge in [-0.1, -0.05) is 18.2 Å². The van der Waals surface area contributed by atoms with Crippen LogP contribution in [0.15, 0.2) is 24.3 Å². The van der Waals surface area contributed by atoms with E-state index in [0.29, 0.717) is 25.1 Å². The number of rotatable bonds is 3. The molecule has 1 aromatic carbocycles. The minimum atomic E-state index is -4.34. The molecule has 3 nitrogen and oxygen atoms in total. The Morgan fingerprint density at radius 3 is 2.79 bits per heavy atom. The number of amides is 1. The van der Waals surface area contributed by atoms with Gasteiger partial charge in [-0.3, -0.25) is 9.69 Å². The second-order valence-corrected chi connectivity index (χ2v) is 4.73. The van der Waals surface area contributed by atoms with Gasteiger partial charge in [0.05, 0.1) is 11.6 Å². The molecule has 1 aliphatic heterocycles. The van der Waals surface area contributed by atoms with Crippen LogP contribution in [0, 0.1) is 0 Å². The number of likely N-dealkylation sites (tertiary alicyclic amines) is 1. The molecule has 0 bridgehead atoms. The number of halogens is 3. The van der Waals surface area contributed by atoms with E-state index in [1.807, 2.05) is 4.90 Å². The van der Waals surface area contributed by atoms with Gasteiger partial charge in [-0.25, -0.2) is 0 Å². The van der Waals surface area contributed by atoms with Crippen LogP contribution in [0.3, 0.4) is 0 Å². The van der Waals surface area contributed by atoms with Crippen molar-refractivity contribution < 1.29 is 18.0 Å². The fourth-order valence-corrected chi connectivity index (χ4v) is 2.42. The standard InChI is InChI=1S/C13H15F3N2O/c14-13(15,16)10-4-1-3-9(7-10)8-18-6-2-5-11(18)12(17)19/h1,3-4,7,11H,2,5-6,8H2,(H2,17,19). The summed E-state index contributed by atoms with van der Waals surface area (Å²) in [5.74, 6) is -0.413. The van der Waals surface area contributed by atoms with E-state index in [4.69, 9.17) is 5.73 Å². The molecule has 1 fully saturated rings. The lowest BCUT2D eigenvalue weighted by Crippen LogP contribution is -2.39. The van der Waals surface area contributed by atoms with Crippen molar-refractivity contribution in [3.63, 3.8) is 0 Å². The number of carbonyl (C=O) groups excluding carboxylic acids is 1. The summed E-state index contributed by atoms with van der Waals surface area (Å²) in [5, 5.41) is 0. The second-order valence-electron chi connectivity index (χ2n) is 4.73. The minimum absolute atomic E-state index is 0.317. The van der Waals surface area contributed by atoms with Crippen molar-refractivity contribution in [2.45, 2.75) is 31.6 Å². The normalized spacial score (nSPS) is 20.7. The van der Waals surface area contributed by atoms with Gasteiger partial charge in [0.2, 0.25) is 5.91 Å². The van der Waals surface area contributed by atoms with Gasteiger partial charge in [0.15, 0.2) is 0 Å². The fraction of sp³-hybridized carbons (Fsp3) is 0.462. The number of alkyl halides is 3. The van der Waals surface area contributed by atoms with Gasteiger partial charge >= 0.3 is 6.18 Å². The van der Waals surface area contributed by atoms with Gasteiger partial charge in [-0.15, -0.1) is 0 Å². The Morgan fingerprint density at radius 2 is 2.16 bits per heavy atom. The van der Waals surface area contributed by atoms with Gasteiger partial charge in [0.1, 0.15) is 0 Å². The van der Waals surface area contributed by atoms with Crippen molar-refractivity contribution in [1.29, 1.82) is 0 Å². The molecule has 0 aliphatic carbocycles. The summed E-state index contributed by atoms with van der Waals surface area (Å²) >= 11 is 0. The number of primary amides is 1. The van der Waals surface area contributed by atoms with Crippen molar-refractivity contribution in [3.05, 3.63) is 35.4 Å². The highest BCUT2D eigenvalue weighted by Crippen LogP contribution is 2.30. The zero-order valence-corrected chi connectivity index (χ0v) is 10.3. The third-order valence-electron chi connectivity index (χ3n) is 3.33. The summed E-state index contributed by atoms with van der Waals surface area (Å²) in [6.07, 6.45) is -2.83. The summed E-state index contributed by atoms with van der Waals surface area (Å²) in [6, 6.07) is 4.81. The molecule has 2 N–H and O–H groups in total. The first-order chi connectivity index (χ1) is 8.88. The van der Waals surface area contributed by atoms with Gasteiger partial charge < -0.3 is 5.73 Å². The molecular weight excluding hydrogens is 257 g/mol. The average molecular weight is 272 g/mol. The molecule has 1 saturated heterocycles. The summed E-state index contributed by atoms with van der Waals surface area (Å²) in [6.45, 7) is 1.00. The molecule has 1 heterocycles. The molecule has 1 aromatic rings. The predicted molar refractivity (Wildman–Crippen MR) is 64.1 cm³/mol. The Balaban J connectivity index is 2.13. The zero-order valence-electron chi connectivity index (χ0n) is 10.3. The third-order valence-corrected chi connectivity index (χ3v) is 3.33. The second kappa shape index (κ2) is 5.21. The van der Waals surface area contributed by atoms with E-state index in [2.05, 4.69) is 0 Å². The van der Waals surface area contributed by atoms with Crippen LogP contribution in [0.5, 0.6) is 0 Å². The molecule has 1 aliphatic rings. The van der Waals surface area contributed by atoms with Crippen LogP contribution in [0.25, 0.3) is 0 Å². The van der Waals surface area contributed by atoms with Gasteiger partial charge in [0, 0.05) is 6.54 Å². The van der Waals surface area contributed by atoms with E-state index in [0.717, 1.165) is 18.6 Å². The number of hydrogen-bond donors (Lipinski definition) is 1. The molecule has 104 valence electrons. The highest BCUT2D eigenvalue weighted by Gasteiger charge is 2.32. The van der Waals surface area contributed by atoms with E-state index in [9.17, 15) is 18.0 Å². The first kappa shape index (κ1) is 13.9. The Kier molecular flexibility index (Phi) is 3.80. The maximum absolute atomic E-state index is 12.6. The molecule has 0 radical (unpaired) electrons. The highest BCUT2D eigenvalue weighted by atomic mass is 19.4.